The maximum atomic E-state index is 12.1. The number of halogens is 3. The molecule has 0 amide bonds. The van der Waals surface area contributed by atoms with E-state index < -0.39 is 15.6 Å². The number of hydrogen-bond donors (Lipinski definition) is 1. The number of hydrogen-bond acceptors (Lipinski definition) is 2. The van der Waals surface area contributed by atoms with Crippen LogP contribution in [0, 0.1) is 0 Å². The minimum absolute atomic E-state index is 0.0829. The molecule has 0 aliphatic rings. The summed E-state index contributed by atoms with van der Waals surface area (Å²) in [5, 5.41) is 0.519. The fraction of sp³-hybridized carbons (Fsp3) is 0.455. The second-order valence-electron chi connectivity index (χ2n) is 4.50. The van der Waals surface area contributed by atoms with Crippen LogP contribution in [0.5, 0.6) is 0 Å². The molecule has 1 aromatic carbocycles. The van der Waals surface area contributed by atoms with Crippen molar-refractivity contribution < 1.29 is 8.42 Å². The van der Waals surface area contributed by atoms with Gasteiger partial charge in [-0.1, -0.05) is 23.2 Å². The molecule has 0 saturated carbocycles. The highest BCUT2D eigenvalue weighted by Crippen LogP contribution is 2.25. The van der Waals surface area contributed by atoms with E-state index in [-0.39, 0.29) is 9.92 Å². The van der Waals surface area contributed by atoms with Gasteiger partial charge in [-0.2, -0.15) is 0 Å². The summed E-state index contributed by atoms with van der Waals surface area (Å²) in [5.41, 5.74) is -0.618. The van der Waals surface area contributed by atoms with Crippen molar-refractivity contribution in [2.24, 2.45) is 0 Å². The summed E-state index contributed by atoms with van der Waals surface area (Å²) < 4.78 is 26.8. The van der Waals surface area contributed by atoms with Crippen LogP contribution in [0.15, 0.2) is 23.1 Å². The fourth-order valence-electron chi connectivity index (χ4n) is 1.35. The molecule has 0 spiro atoms. The zero-order valence-corrected chi connectivity index (χ0v) is 13.1. The van der Waals surface area contributed by atoms with Gasteiger partial charge < -0.3 is 0 Å². The molecule has 1 rings (SSSR count). The van der Waals surface area contributed by atoms with Crippen molar-refractivity contribution in [2.75, 3.05) is 5.88 Å². The zero-order valence-electron chi connectivity index (χ0n) is 10.0. The van der Waals surface area contributed by atoms with E-state index in [9.17, 15) is 8.42 Å². The Kier molecular flexibility index (Phi) is 5.32. The standard InChI is InChI=1S/C11H14Cl3NO2S/c1-11(2,5-6-12)15-18(16,17)8-3-4-9(13)10(14)7-8/h3-4,7,15H,5-6H2,1-2H3. The molecular formula is C11H14Cl3NO2S. The smallest absolute Gasteiger partial charge is 0.207 e. The lowest BCUT2D eigenvalue weighted by atomic mass is 10.0. The first-order chi connectivity index (χ1) is 8.18. The third-order valence-electron chi connectivity index (χ3n) is 2.33. The lowest BCUT2D eigenvalue weighted by molar-refractivity contribution is 0.441. The SMILES string of the molecule is CC(C)(CCCl)NS(=O)(=O)c1ccc(Cl)c(Cl)c1. The number of benzene rings is 1. The first kappa shape index (κ1) is 16.1. The highest BCUT2D eigenvalue weighted by Gasteiger charge is 2.26. The van der Waals surface area contributed by atoms with Crippen LogP contribution in [-0.2, 0) is 10.0 Å². The topological polar surface area (TPSA) is 46.2 Å². The zero-order chi connectivity index (χ0) is 14.0. The molecule has 0 fully saturated rings. The van der Waals surface area contributed by atoms with Gasteiger partial charge in [-0.15, -0.1) is 11.6 Å². The van der Waals surface area contributed by atoms with Crippen LogP contribution in [0.25, 0.3) is 0 Å². The first-order valence-electron chi connectivity index (χ1n) is 5.23. The summed E-state index contributed by atoms with van der Waals surface area (Å²) in [5.74, 6) is 0.372. The molecule has 0 aromatic heterocycles. The molecule has 0 heterocycles. The van der Waals surface area contributed by atoms with Gasteiger partial charge in [0.25, 0.3) is 0 Å². The van der Waals surface area contributed by atoms with Crippen molar-refractivity contribution in [1.29, 1.82) is 0 Å². The molecule has 0 atom stereocenters. The van der Waals surface area contributed by atoms with Crippen molar-refractivity contribution in [3.63, 3.8) is 0 Å². The Morgan fingerprint density at radius 1 is 1.22 bits per heavy atom. The van der Waals surface area contributed by atoms with Gasteiger partial charge in [0, 0.05) is 11.4 Å². The Hall–Kier alpha value is -0.000000000000000111. The highest BCUT2D eigenvalue weighted by molar-refractivity contribution is 7.89. The molecule has 7 heteroatoms. The van der Waals surface area contributed by atoms with Crippen LogP contribution < -0.4 is 4.72 Å². The van der Waals surface area contributed by atoms with Crippen molar-refractivity contribution in [3.8, 4) is 0 Å². The Bertz CT molecular complexity index is 529. The van der Waals surface area contributed by atoms with Crippen LogP contribution in [-0.4, -0.2) is 19.8 Å². The maximum absolute atomic E-state index is 12.1. The molecule has 18 heavy (non-hydrogen) atoms. The lowest BCUT2D eigenvalue weighted by Gasteiger charge is -2.25. The fourth-order valence-corrected chi connectivity index (χ4v) is 3.66. The average molecular weight is 331 g/mol. The van der Waals surface area contributed by atoms with E-state index in [0.717, 1.165) is 0 Å². The summed E-state index contributed by atoms with van der Waals surface area (Å²) in [6, 6.07) is 4.18. The molecule has 0 aliphatic heterocycles. The van der Waals surface area contributed by atoms with Crippen LogP contribution in [0.2, 0.25) is 10.0 Å². The van der Waals surface area contributed by atoms with Crippen molar-refractivity contribution in [3.05, 3.63) is 28.2 Å². The molecule has 0 radical (unpaired) electrons. The number of nitrogens with one attached hydrogen (secondary N) is 1. The third-order valence-corrected chi connectivity index (χ3v) is 4.96. The van der Waals surface area contributed by atoms with E-state index in [4.69, 9.17) is 34.8 Å². The van der Waals surface area contributed by atoms with E-state index in [1.54, 1.807) is 13.8 Å². The molecular weight excluding hydrogens is 317 g/mol. The molecule has 1 aromatic rings. The van der Waals surface area contributed by atoms with Gasteiger partial charge in [0.15, 0.2) is 0 Å². The molecule has 0 bridgehead atoms. The Morgan fingerprint density at radius 3 is 2.33 bits per heavy atom. The van der Waals surface area contributed by atoms with E-state index in [2.05, 4.69) is 4.72 Å². The van der Waals surface area contributed by atoms with Gasteiger partial charge in [-0.3, -0.25) is 0 Å². The Morgan fingerprint density at radius 2 is 1.83 bits per heavy atom. The summed E-state index contributed by atoms with van der Waals surface area (Å²) >= 11 is 17.2. The average Bonchev–Trinajstić information content (AvgIpc) is 2.20. The summed E-state index contributed by atoms with van der Waals surface area (Å²) in [6.45, 7) is 3.54. The summed E-state index contributed by atoms with van der Waals surface area (Å²) in [6.07, 6.45) is 0.523. The van der Waals surface area contributed by atoms with Gasteiger partial charge in [0.2, 0.25) is 10.0 Å². The Balaban J connectivity index is 3.03. The molecule has 0 saturated heterocycles. The number of sulfonamides is 1. The van der Waals surface area contributed by atoms with Crippen molar-refractivity contribution >= 4 is 44.8 Å². The molecule has 0 aliphatic carbocycles. The summed E-state index contributed by atoms with van der Waals surface area (Å²) in [7, 11) is -3.63. The largest absolute Gasteiger partial charge is 0.241 e. The van der Waals surface area contributed by atoms with Crippen LogP contribution in [0.4, 0.5) is 0 Å². The van der Waals surface area contributed by atoms with Gasteiger partial charge in [0.05, 0.1) is 14.9 Å². The molecule has 102 valence electrons. The minimum Gasteiger partial charge on any atom is -0.207 e. The molecule has 0 unspecified atom stereocenters. The van der Waals surface area contributed by atoms with Gasteiger partial charge in [0.1, 0.15) is 0 Å². The van der Waals surface area contributed by atoms with E-state index in [0.29, 0.717) is 17.3 Å². The maximum Gasteiger partial charge on any atom is 0.241 e. The Labute approximate surface area is 122 Å². The summed E-state index contributed by atoms with van der Waals surface area (Å²) in [4.78, 5) is 0.0829. The molecule has 3 nitrogen and oxygen atoms in total. The lowest BCUT2D eigenvalue weighted by Crippen LogP contribution is -2.43. The number of rotatable bonds is 5. The monoisotopic (exact) mass is 329 g/mol. The van der Waals surface area contributed by atoms with Gasteiger partial charge in [-0.05, 0) is 38.5 Å². The third kappa shape index (κ3) is 4.28. The first-order valence-corrected chi connectivity index (χ1v) is 8.00. The van der Waals surface area contributed by atoms with Crippen LogP contribution >= 0.6 is 34.8 Å². The highest BCUT2D eigenvalue weighted by atomic mass is 35.5. The second kappa shape index (κ2) is 5.97. The predicted molar refractivity (Wildman–Crippen MR) is 76.2 cm³/mol. The van der Waals surface area contributed by atoms with E-state index in [1.165, 1.54) is 18.2 Å². The predicted octanol–water partition coefficient (Wildman–Crippen LogP) is 3.68. The quantitative estimate of drug-likeness (QED) is 0.837. The van der Waals surface area contributed by atoms with Gasteiger partial charge in [-0.25, -0.2) is 13.1 Å². The van der Waals surface area contributed by atoms with E-state index >= 15 is 0 Å². The second-order valence-corrected chi connectivity index (χ2v) is 7.38. The van der Waals surface area contributed by atoms with Crippen molar-refractivity contribution in [2.45, 2.75) is 30.7 Å². The van der Waals surface area contributed by atoms with Crippen molar-refractivity contribution in [1.82, 2.24) is 4.72 Å². The van der Waals surface area contributed by atoms with Crippen LogP contribution in [0.3, 0.4) is 0 Å². The van der Waals surface area contributed by atoms with Crippen LogP contribution in [0.1, 0.15) is 20.3 Å². The normalized spacial score (nSPS) is 12.7. The van der Waals surface area contributed by atoms with E-state index in [1.807, 2.05) is 0 Å². The van der Waals surface area contributed by atoms with Gasteiger partial charge >= 0.3 is 0 Å². The number of alkyl halides is 1. The minimum atomic E-state index is -3.63. The molecule has 1 N–H and O–H groups in total.